The van der Waals surface area contributed by atoms with Gasteiger partial charge >= 0.3 is 0 Å². The maximum Gasteiger partial charge on any atom is 0.255 e. The molecule has 138 valence electrons. The second kappa shape index (κ2) is 8.73. The quantitative estimate of drug-likeness (QED) is 0.847. The van der Waals surface area contributed by atoms with Gasteiger partial charge in [0.2, 0.25) is 0 Å². The lowest BCUT2D eigenvalue weighted by atomic mass is 10.1. The van der Waals surface area contributed by atoms with Gasteiger partial charge in [0.05, 0.1) is 43.8 Å². The normalized spacial score (nSPS) is 16.1. The molecule has 26 heavy (non-hydrogen) atoms. The Bertz CT molecular complexity index is 733. The van der Waals surface area contributed by atoms with Crippen LogP contribution < -0.4 is 10.1 Å². The summed E-state index contributed by atoms with van der Waals surface area (Å²) in [6, 6.07) is 7.58. The van der Waals surface area contributed by atoms with E-state index in [4.69, 9.17) is 9.47 Å². The first-order chi connectivity index (χ1) is 12.7. The first kappa shape index (κ1) is 18.3. The van der Waals surface area contributed by atoms with E-state index in [1.807, 2.05) is 25.1 Å². The van der Waals surface area contributed by atoms with Crippen LogP contribution in [0.1, 0.15) is 27.8 Å². The monoisotopic (exact) mass is 356 g/mol. The van der Waals surface area contributed by atoms with E-state index in [0.717, 1.165) is 24.5 Å². The van der Waals surface area contributed by atoms with E-state index in [9.17, 15) is 4.79 Å². The number of nitrogens with zero attached hydrogens (tertiary/aromatic N) is 3. The Morgan fingerprint density at radius 2 is 2.15 bits per heavy atom. The highest BCUT2D eigenvalue weighted by atomic mass is 16.5. The number of ether oxygens (including phenoxy) is 2. The summed E-state index contributed by atoms with van der Waals surface area (Å²) in [6.07, 6.45) is 3.35. The summed E-state index contributed by atoms with van der Waals surface area (Å²) in [6.45, 7) is 5.31. The molecule has 1 aliphatic heterocycles. The van der Waals surface area contributed by atoms with E-state index < -0.39 is 0 Å². The summed E-state index contributed by atoms with van der Waals surface area (Å²) >= 11 is 0. The number of aromatic nitrogens is 2. The fourth-order valence-electron chi connectivity index (χ4n) is 3.05. The number of hydrogen-bond acceptors (Lipinski definition) is 6. The Labute approximate surface area is 153 Å². The molecule has 2 aromatic heterocycles. The third kappa shape index (κ3) is 4.36. The lowest BCUT2D eigenvalue weighted by Gasteiger charge is -2.34. The Morgan fingerprint density at radius 3 is 2.85 bits per heavy atom. The van der Waals surface area contributed by atoms with E-state index in [1.165, 1.54) is 7.11 Å². The SMILES string of the molecule is COc1cnc(C)cc1C(=O)NCC(c1ccccn1)N1CCOCC1. The van der Waals surface area contributed by atoms with Gasteiger partial charge < -0.3 is 14.8 Å². The third-order valence-electron chi connectivity index (χ3n) is 4.44. The molecule has 3 heterocycles. The molecule has 1 aliphatic rings. The van der Waals surface area contributed by atoms with E-state index in [2.05, 4.69) is 20.2 Å². The van der Waals surface area contributed by atoms with Gasteiger partial charge in [-0.3, -0.25) is 19.7 Å². The average Bonchev–Trinajstić information content (AvgIpc) is 2.69. The predicted molar refractivity (Wildman–Crippen MR) is 97.2 cm³/mol. The molecule has 0 bridgehead atoms. The van der Waals surface area contributed by atoms with E-state index in [0.29, 0.717) is 31.1 Å². The first-order valence-corrected chi connectivity index (χ1v) is 8.70. The Morgan fingerprint density at radius 1 is 1.35 bits per heavy atom. The van der Waals surface area contributed by atoms with Crippen LogP contribution in [0.25, 0.3) is 0 Å². The molecular weight excluding hydrogens is 332 g/mol. The van der Waals surface area contributed by atoms with Crippen LogP contribution in [0.5, 0.6) is 5.75 Å². The lowest BCUT2D eigenvalue weighted by Crippen LogP contribution is -2.44. The summed E-state index contributed by atoms with van der Waals surface area (Å²) in [5, 5.41) is 3.03. The topological polar surface area (TPSA) is 76.6 Å². The summed E-state index contributed by atoms with van der Waals surface area (Å²) in [5.41, 5.74) is 2.19. The number of methoxy groups -OCH3 is 1. The molecule has 1 N–H and O–H groups in total. The molecule has 7 heteroatoms. The maximum absolute atomic E-state index is 12.7. The van der Waals surface area contributed by atoms with Crippen molar-refractivity contribution in [1.82, 2.24) is 20.2 Å². The molecule has 1 saturated heterocycles. The summed E-state index contributed by atoms with van der Waals surface area (Å²) in [4.78, 5) is 23.7. The van der Waals surface area contributed by atoms with E-state index >= 15 is 0 Å². The fraction of sp³-hybridized carbons (Fsp3) is 0.421. The molecule has 0 saturated carbocycles. The van der Waals surface area contributed by atoms with Crippen molar-refractivity contribution in [2.24, 2.45) is 0 Å². The van der Waals surface area contributed by atoms with Crippen molar-refractivity contribution in [2.45, 2.75) is 13.0 Å². The van der Waals surface area contributed by atoms with Crippen LogP contribution in [-0.2, 0) is 4.74 Å². The summed E-state index contributed by atoms with van der Waals surface area (Å²) < 4.78 is 10.7. The van der Waals surface area contributed by atoms with Crippen LogP contribution in [0.2, 0.25) is 0 Å². The highest BCUT2D eigenvalue weighted by Gasteiger charge is 2.25. The Kier molecular flexibility index (Phi) is 6.14. The number of rotatable bonds is 6. The minimum absolute atomic E-state index is 0.00187. The highest BCUT2D eigenvalue weighted by Crippen LogP contribution is 2.21. The Hall–Kier alpha value is -2.51. The molecule has 0 aliphatic carbocycles. The van der Waals surface area contributed by atoms with Gasteiger partial charge in [-0.2, -0.15) is 0 Å². The number of amides is 1. The average molecular weight is 356 g/mol. The van der Waals surface area contributed by atoms with Gasteiger partial charge in [-0.25, -0.2) is 0 Å². The zero-order valence-corrected chi connectivity index (χ0v) is 15.1. The van der Waals surface area contributed by atoms with Gasteiger partial charge in [0.25, 0.3) is 5.91 Å². The lowest BCUT2D eigenvalue weighted by molar-refractivity contribution is 0.0154. The molecule has 1 amide bonds. The van der Waals surface area contributed by atoms with Crippen molar-refractivity contribution in [3.8, 4) is 5.75 Å². The van der Waals surface area contributed by atoms with Crippen LogP contribution in [0, 0.1) is 6.92 Å². The van der Waals surface area contributed by atoms with Gasteiger partial charge in [0.1, 0.15) is 5.75 Å². The zero-order chi connectivity index (χ0) is 18.4. The smallest absolute Gasteiger partial charge is 0.255 e. The largest absolute Gasteiger partial charge is 0.494 e. The van der Waals surface area contributed by atoms with Crippen LogP contribution in [0.3, 0.4) is 0 Å². The van der Waals surface area contributed by atoms with Crippen LogP contribution in [-0.4, -0.2) is 60.7 Å². The number of hydrogen-bond donors (Lipinski definition) is 1. The standard InChI is InChI=1S/C19H24N4O3/c1-14-11-15(18(25-2)13-21-14)19(24)22-12-17(16-5-3-4-6-20-16)23-7-9-26-10-8-23/h3-6,11,13,17H,7-10,12H2,1-2H3,(H,22,24). The van der Waals surface area contributed by atoms with Gasteiger partial charge in [0.15, 0.2) is 0 Å². The van der Waals surface area contributed by atoms with Crippen LogP contribution in [0.4, 0.5) is 0 Å². The minimum Gasteiger partial charge on any atom is -0.494 e. The number of aryl methyl sites for hydroxylation is 1. The molecule has 2 aromatic rings. The first-order valence-electron chi connectivity index (χ1n) is 8.70. The Balaban J connectivity index is 1.75. The molecular formula is C19H24N4O3. The maximum atomic E-state index is 12.7. The molecule has 0 aromatic carbocycles. The van der Waals surface area contributed by atoms with E-state index in [1.54, 1.807) is 18.5 Å². The predicted octanol–water partition coefficient (Wildman–Crippen LogP) is 1.60. The van der Waals surface area contributed by atoms with Crippen LogP contribution in [0.15, 0.2) is 36.7 Å². The molecule has 1 unspecified atom stereocenters. The van der Waals surface area contributed by atoms with Crippen molar-refractivity contribution < 1.29 is 14.3 Å². The van der Waals surface area contributed by atoms with Crippen molar-refractivity contribution in [3.63, 3.8) is 0 Å². The molecule has 3 rings (SSSR count). The number of carbonyl (C=O) groups is 1. The zero-order valence-electron chi connectivity index (χ0n) is 15.1. The molecule has 7 nitrogen and oxygen atoms in total. The molecule has 0 radical (unpaired) electrons. The van der Waals surface area contributed by atoms with Crippen molar-refractivity contribution >= 4 is 5.91 Å². The van der Waals surface area contributed by atoms with Crippen molar-refractivity contribution in [1.29, 1.82) is 0 Å². The fourth-order valence-corrected chi connectivity index (χ4v) is 3.05. The van der Waals surface area contributed by atoms with Gasteiger partial charge in [0, 0.05) is 31.5 Å². The summed E-state index contributed by atoms with van der Waals surface area (Å²) in [7, 11) is 1.54. The van der Waals surface area contributed by atoms with Crippen molar-refractivity contribution in [3.05, 3.63) is 53.6 Å². The third-order valence-corrected chi connectivity index (χ3v) is 4.44. The van der Waals surface area contributed by atoms with Crippen molar-refractivity contribution in [2.75, 3.05) is 40.0 Å². The number of morpholine rings is 1. The van der Waals surface area contributed by atoms with Gasteiger partial charge in [-0.1, -0.05) is 6.07 Å². The molecule has 0 spiro atoms. The van der Waals surface area contributed by atoms with E-state index in [-0.39, 0.29) is 11.9 Å². The number of pyridine rings is 2. The van der Waals surface area contributed by atoms with Gasteiger partial charge in [-0.05, 0) is 25.1 Å². The highest BCUT2D eigenvalue weighted by molar-refractivity contribution is 5.96. The van der Waals surface area contributed by atoms with Gasteiger partial charge in [-0.15, -0.1) is 0 Å². The second-order valence-electron chi connectivity index (χ2n) is 6.15. The summed E-state index contributed by atoms with van der Waals surface area (Å²) in [5.74, 6) is 0.287. The molecule has 1 fully saturated rings. The van der Waals surface area contributed by atoms with Crippen LogP contribution >= 0.6 is 0 Å². The minimum atomic E-state index is -0.179. The number of carbonyl (C=O) groups excluding carboxylic acids is 1. The molecule has 1 atom stereocenters. The number of nitrogens with one attached hydrogen (secondary N) is 1. The second-order valence-corrected chi connectivity index (χ2v) is 6.15.